The summed E-state index contributed by atoms with van der Waals surface area (Å²) in [5.74, 6) is 0.848. The van der Waals surface area contributed by atoms with Crippen molar-refractivity contribution in [3.8, 4) is 0 Å². The van der Waals surface area contributed by atoms with Crippen molar-refractivity contribution in [2.24, 2.45) is 4.99 Å². The van der Waals surface area contributed by atoms with Gasteiger partial charge >= 0.3 is 0 Å². The highest BCUT2D eigenvalue weighted by Crippen LogP contribution is 2.20. The van der Waals surface area contributed by atoms with Gasteiger partial charge in [-0.1, -0.05) is 48.5 Å². The average molecular weight is 289 g/mol. The molecule has 2 aromatic carbocycles. The average Bonchev–Trinajstić information content (AvgIpc) is 2.86. The van der Waals surface area contributed by atoms with Gasteiger partial charge < -0.3 is 0 Å². The fourth-order valence-corrected chi connectivity index (χ4v) is 2.47. The predicted molar refractivity (Wildman–Crippen MR) is 90.9 cm³/mol. The van der Waals surface area contributed by atoms with E-state index in [1.807, 2.05) is 48.0 Å². The maximum atomic E-state index is 4.89. The first-order valence-corrected chi connectivity index (χ1v) is 7.38. The summed E-state index contributed by atoms with van der Waals surface area (Å²) in [5.41, 5.74) is 5.24. The van der Waals surface area contributed by atoms with E-state index in [1.54, 1.807) is 0 Å². The quantitative estimate of drug-likeness (QED) is 0.507. The van der Waals surface area contributed by atoms with Crippen molar-refractivity contribution in [1.82, 2.24) is 9.78 Å². The van der Waals surface area contributed by atoms with Crippen molar-refractivity contribution >= 4 is 11.5 Å². The van der Waals surface area contributed by atoms with Gasteiger partial charge in [0.1, 0.15) is 0 Å². The standard InChI is InChI=1S/C19H19N3/c1-14-9-7-8-12-18(14)20-19(17-10-5-4-6-11-17)22-16(3)13-15(2)21-22/h4-13H,1-3H3. The molecule has 0 saturated heterocycles. The Hall–Kier alpha value is -2.68. The van der Waals surface area contributed by atoms with E-state index in [2.05, 4.69) is 43.2 Å². The van der Waals surface area contributed by atoms with Crippen LogP contribution in [-0.4, -0.2) is 15.6 Å². The molecule has 0 radical (unpaired) electrons. The Balaban J connectivity index is 2.20. The zero-order chi connectivity index (χ0) is 15.5. The molecule has 0 aliphatic rings. The zero-order valence-corrected chi connectivity index (χ0v) is 13.1. The first-order chi connectivity index (χ1) is 10.6. The second-order valence-corrected chi connectivity index (χ2v) is 5.43. The Morgan fingerprint density at radius 2 is 1.59 bits per heavy atom. The van der Waals surface area contributed by atoms with Crippen LogP contribution in [-0.2, 0) is 0 Å². The Morgan fingerprint density at radius 1 is 0.909 bits per heavy atom. The molecule has 0 atom stereocenters. The van der Waals surface area contributed by atoms with Crippen LogP contribution in [0, 0.1) is 20.8 Å². The smallest absolute Gasteiger partial charge is 0.161 e. The van der Waals surface area contributed by atoms with E-state index < -0.39 is 0 Å². The molecular weight excluding hydrogens is 270 g/mol. The van der Waals surface area contributed by atoms with Crippen LogP contribution in [0.15, 0.2) is 65.7 Å². The zero-order valence-electron chi connectivity index (χ0n) is 13.1. The van der Waals surface area contributed by atoms with Crippen molar-refractivity contribution < 1.29 is 0 Å². The third-order valence-electron chi connectivity index (χ3n) is 3.58. The minimum atomic E-state index is 0.848. The van der Waals surface area contributed by atoms with Crippen LogP contribution < -0.4 is 0 Å². The molecule has 0 aliphatic carbocycles. The highest BCUT2D eigenvalue weighted by atomic mass is 15.3. The number of benzene rings is 2. The van der Waals surface area contributed by atoms with Crippen molar-refractivity contribution in [1.29, 1.82) is 0 Å². The summed E-state index contributed by atoms with van der Waals surface area (Å²) in [5, 5.41) is 4.60. The van der Waals surface area contributed by atoms with Gasteiger partial charge in [-0.05, 0) is 38.5 Å². The summed E-state index contributed by atoms with van der Waals surface area (Å²) in [7, 11) is 0. The van der Waals surface area contributed by atoms with Gasteiger partial charge in [0, 0.05) is 11.3 Å². The van der Waals surface area contributed by atoms with Crippen LogP contribution in [0.2, 0.25) is 0 Å². The Labute approximate surface area is 131 Å². The maximum Gasteiger partial charge on any atom is 0.161 e. The highest BCUT2D eigenvalue weighted by Gasteiger charge is 2.11. The van der Waals surface area contributed by atoms with Crippen LogP contribution in [0.5, 0.6) is 0 Å². The van der Waals surface area contributed by atoms with Crippen LogP contribution >= 0.6 is 0 Å². The molecule has 0 unspecified atom stereocenters. The number of para-hydroxylation sites is 1. The second kappa shape index (κ2) is 5.98. The third-order valence-corrected chi connectivity index (χ3v) is 3.58. The van der Waals surface area contributed by atoms with Gasteiger partial charge in [0.2, 0.25) is 0 Å². The Kier molecular flexibility index (Phi) is 3.88. The van der Waals surface area contributed by atoms with Gasteiger partial charge in [0.25, 0.3) is 0 Å². The Morgan fingerprint density at radius 3 is 2.23 bits per heavy atom. The van der Waals surface area contributed by atoms with E-state index in [9.17, 15) is 0 Å². The number of hydrogen-bond acceptors (Lipinski definition) is 2. The van der Waals surface area contributed by atoms with Crippen molar-refractivity contribution in [3.05, 3.63) is 83.2 Å². The lowest BCUT2D eigenvalue weighted by Crippen LogP contribution is -2.16. The van der Waals surface area contributed by atoms with Crippen LogP contribution in [0.4, 0.5) is 5.69 Å². The molecular formula is C19H19N3. The lowest BCUT2D eigenvalue weighted by atomic mass is 10.2. The fourth-order valence-electron chi connectivity index (χ4n) is 2.47. The van der Waals surface area contributed by atoms with Crippen LogP contribution in [0.25, 0.3) is 0 Å². The van der Waals surface area contributed by atoms with Crippen LogP contribution in [0.3, 0.4) is 0 Å². The van der Waals surface area contributed by atoms with E-state index in [0.29, 0.717) is 0 Å². The number of aliphatic imine (C=N–C) groups is 1. The van der Waals surface area contributed by atoms with Crippen molar-refractivity contribution in [2.75, 3.05) is 0 Å². The normalized spacial score (nSPS) is 11.7. The first kappa shape index (κ1) is 14.3. The second-order valence-electron chi connectivity index (χ2n) is 5.43. The largest absolute Gasteiger partial charge is 0.228 e. The minimum Gasteiger partial charge on any atom is -0.228 e. The summed E-state index contributed by atoms with van der Waals surface area (Å²) >= 11 is 0. The minimum absolute atomic E-state index is 0.848. The van der Waals surface area contributed by atoms with E-state index in [0.717, 1.165) is 34.0 Å². The fraction of sp³-hybridized carbons (Fsp3) is 0.158. The molecule has 22 heavy (non-hydrogen) atoms. The van der Waals surface area contributed by atoms with Gasteiger partial charge in [-0.15, -0.1) is 0 Å². The van der Waals surface area contributed by atoms with Crippen LogP contribution in [0.1, 0.15) is 22.5 Å². The summed E-state index contributed by atoms with van der Waals surface area (Å²) in [4.78, 5) is 4.89. The monoisotopic (exact) mass is 289 g/mol. The van der Waals surface area contributed by atoms with E-state index >= 15 is 0 Å². The molecule has 3 heteroatoms. The molecule has 0 spiro atoms. The summed E-state index contributed by atoms with van der Waals surface area (Å²) in [6, 6.07) is 20.4. The van der Waals surface area contributed by atoms with Gasteiger partial charge in [-0.3, -0.25) is 0 Å². The molecule has 110 valence electrons. The SMILES string of the molecule is Cc1cc(C)n(C(=Nc2ccccc2C)c2ccccc2)n1. The van der Waals surface area contributed by atoms with E-state index in [4.69, 9.17) is 4.99 Å². The van der Waals surface area contributed by atoms with Crippen molar-refractivity contribution in [3.63, 3.8) is 0 Å². The number of rotatable bonds is 2. The molecule has 0 aliphatic heterocycles. The molecule has 0 N–H and O–H groups in total. The lowest BCUT2D eigenvalue weighted by molar-refractivity contribution is 0.880. The van der Waals surface area contributed by atoms with Gasteiger partial charge in [0.05, 0.1) is 11.4 Å². The van der Waals surface area contributed by atoms with E-state index in [1.165, 1.54) is 0 Å². The maximum absolute atomic E-state index is 4.89. The summed E-state index contributed by atoms with van der Waals surface area (Å²) in [6.07, 6.45) is 0. The predicted octanol–water partition coefficient (Wildman–Crippen LogP) is 4.43. The first-order valence-electron chi connectivity index (χ1n) is 7.38. The number of aromatic nitrogens is 2. The number of aryl methyl sites for hydroxylation is 3. The van der Waals surface area contributed by atoms with Gasteiger partial charge in [-0.2, -0.15) is 5.10 Å². The molecule has 1 heterocycles. The molecule has 3 rings (SSSR count). The highest BCUT2D eigenvalue weighted by molar-refractivity contribution is 6.01. The third kappa shape index (κ3) is 2.84. The molecule has 3 nitrogen and oxygen atoms in total. The molecule has 1 aromatic heterocycles. The topological polar surface area (TPSA) is 30.2 Å². The molecule has 3 aromatic rings. The molecule has 0 amide bonds. The number of nitrogens with zero attached hydrogens (tertiary/aromatic N) is 3. The molecule has 0 bridgehead atoms. The Bertz CT molecular complexity index is 814. The summed E-state index contributed by atoms with van der Waals surface area (Å²) in [6.45, 7) is 6.12. The summed E-state index contributed by atoms with van der Waals surface area (Å²) < 4.78 is 1.91. The number of hydrogen-bond donors (Lipinski definition) is 0. The van der Waals surface area contributed by atoms with Crippen molar-refractivity contribution in [2.45, 2.75) is 20.8 Å². The molecule has 0 saturated carbocycles. The van der Waals surface area contributed by atoms with Gasteiger partial charge in [0.15, 0.2) is 5.84 Å². The van der Waals surface area contributed by atoms with E-state index in [-0.39, 0.29) is 0 Å². The van der Waals surface area contributed by atoms with Gasteiger partial charge in [-0.25, -0.2) is 9.67 Å². The lowest BCUT2D eigenvalue weighted by Gasteiger charge is -2.10. The molecule has 0 fully saturated rings.